The van der Waals surface area contributed by atoms with Crippen molar-refractivity contribution in [2.24, 2.45) is 5.73 Å². The van der Waals surface area contributed by atoms with Gasteiger partial charge in [0.15, 0.2) is 0 Å². The second-order valence-electron chi connectivity index (χ2n) is 8.00. The van der Waals surface area contributed by atoms with Gasteiger partial charge in [-0.2, -0.15) is 13.2 Å². The van der Waals surface area contributed by atoms with Crippen LogP contribution in [-0.2, 0) is 29.0 Å². The summed E-state index contributed by atoms with van der Waals surface area (Å²) in [5, 5.41) is 19.0. The zero-order valence-corrected chi connectivity index (χ0v) is 23.9. The van der Waals surface area contributed by atoms with Crippen molar-refractivity contribution in [3.05, 3.63) is 59.0 Å². The predicted molar refractivity (Wildman–Crippen MR) is 148 cm³/mol. The number of nitrogens with two attached hydrogens (primary N) is 1. The summed E-state index contributed by atoms with van der Waals surface area (Å²) in [6.45, 7) is 0.791. The number of sulfone groups is 1. The fourth-order valence-corrected chi connectivity index (χ4v) is 7.24. The average molecular weight is 632 g/mol. The highest BCUT2D eigenvalue weighted by Crippen LogP contribution is 2.38. The number of carbonyl (C=O) groups is 3. The lowest BCUT2D eigenvalue weighted by molar-refractivity contribution is -0.156. The maximum absolute atomic E-state index is 13.5. The number of rotatable bonds is 10. The van der Waals surface area contributed by atoms with Crippen LogP contribution in [0.1, 0.15) is 10.4 Å². The standard InChI is InChI=1S/C23H23N3O6S3.C2HF3O/c1-13-5-3-8-16(26-19(27)11-32-12-20(28)29)21(13)14-6-4-7-15(9-14)35(30,31)18-10-17(22(24)25)34-23(18)33-2;3-2(4,5)1-6/h3-10H,11-12H2,1-2H3,(H3,24,25)(H,26,27)(H,28,29);1H. The number of aldehydes is 1. The van der Waals surface area contributed by atoms with Crippen LogP contribution in [0, 0.1) is 12.3 Å². The lowest BCUT2D eigenvalue weighted by Gasteiger charge is -2.15. The maximum atomic E-state index is 13.5. The van der Waals surface area contributed by atoms with E-state index in [4.69, 9.17) is 25.8 Å². The van der Waals surface area contributed by atoms with E-state index in [9.17, 15) is 31.2 Å². The highest BCUT2D eigenvalue weighted by molar-refractivity contribution is 8.01. The molecule has 0 aliphatic carbocycles. The summed E-state index contributed by atoms with van der Waals surface area (Å²) < 4.78 is 63.6. The number of benzene rings is 2. The molecule has 0 atom stereocenters. The average Bonchev–Trinajstić information content (AvgIpc) is 3.35. The molecule has 0 saturated carbocycles. The number of aliphatic carboxylic acids is 1. The molecule has 0 aliphatic rings. The minimum absolute atomic E-state index is 0.0588. The number of thiophene rings is 1. The van der Waals surface area contributed by atoms with E-state index in [2.05, 4.69) is 5.32 Å². The van der Waals surface area contributed by atoms with E-state index in [0.717, 1.165) is 16.9 Å². The lowest BCUT2D eigenvalue weighted by atomic mass is 9.98. The summed E-state index contributed by atoms with van der Waals surface area (Å²) in [5.74, 6) is -1.92. The Bertz CT molecular complexity index is 1560. The predicted octanol–water partition coefficient (Wildman–Crippen LogP) is 4.35. The van der Waals surface area contributed by atoms with Gasteiger partial charge in [-0.05, 0) is 48.6 Å². The molecule has 2 aromatic carbocycles. The molecule has 0 aliphatic heterocycles. The van der Waals surface area contributed by atoms with Crippen LogP contribution in [0.25, 0.3) is 11.1 Å². The van der Waals surface area contributed by atoms with Gasteiger partial charge in [-0.25, -0.2) is 13.2 Å². The molecule has 1 heterocycles. The van der Waals surface area contributed by atoms with Gasteiger partial charge in [0, 0.05) is 11.3 Å². The summed E-state index contributed by atoms with van der Waals surface area (Å²) >= 11 is 2.41. The minimum atomic E-state index is -4.64. The van der Waals surface area contributed by atoms with E-state index in [1.807, 2.05) is 13.0 Å². The quantitative estimate of drug-likeness (QED) is 0.110. The van der Waals surface area contributed by atoms with Gasteiger partial charge in [0.1, 0.15) is 19.0 Å². The van der Waals surface area contributed by atoms with E-state index >= 15 is 0 Å². The van der Waals surface area contributed by atoms with Crippen LogP contribution in [0.5, 0.6) is 0 Å². The third kappa shape index (κ3) is 9.41. The lowest BCUT2D eigenvalue weighted by Crippen LogP contribution is -2.21. The third-order valence-corrected chi connectivity index (χ3v) is 9.32. The molecule has 1 amide bonds. The Morgan fingerprint density at radius 1 is 1.17 bits per heavy atom. The van der Waals surface area contributed by atoms with E-state index < -0.39 is 47.4 Å². The number of anilines is 1. The first-order valence-electron chi connectivity index (χ1n) is 11.2. The molecule has 10 nitrogen and oxygen atoms in total. The molecular weight excluding hydrogens is 607 g/mol. The molecule has 0 fully saturated rings. The second-order valence-corrected chi connectivity index (χ2v) is 12.0. The topological polar surface area (TPSA) is 177 Å². The molecule has 0 bridgehead atoms. The van der Waals surface area contributed by atoms with Gasteiger partial charge in [0.05, 0.1) is 18.9 Å². The number of ether oxygens (including phenoxy) is 1. The molecule has 0 saturated heterocycles. The van der Waals surface area contributed by atoms with E-state index in [-0.39, 0.29) is 15.6 Å². The molecule has 1 aromatic heterocycles. The number of carboxylic acid groups (broad SMARTS) is 1. The fraction of sp³-hybridized carbons (Fsp3) is 0.200. The number of aryl methyl sites for hydroxylation is 1. The van der Waals surface area contributed by atoms with Crippen LogP contribution >= 0.6 is 23.1 Å². The fourth-order valence-electron chi connectivity index (χ4n) is 3.34. The number of nitrogen functional groups attached to an aromatic ring is 1. The van der Waals surface area contributed by atoms with Crippen molar-refractivity contribution in [3.63, 3.8) is 0 Å². The Morgan fingerprint density at radius 3 is 2.37 bits per heavy atom. The smallest absolute Gasteiger partial charge is 0.446 e. The number of nitrogens with one attached hydrogen (secondary N) is 2. The number of amidine groups is 1. The van der Waals surface area contributed by atoms with Crippen molar-refractivity contribution in [1.82, 2.24) is 0 Å². The van der Waals surface area contributed by atoms with Crippen molar-refractivity contribution >= 4 is 62.6 Å². The first-order chi connectivity index (χ1) is 19.1. The normalized spacial score (nSPS) is 11.2. The number of hydrogen-bond acceptors (Lipinski definition) is 9. The monoisotopic (exact) mass is 631 g/mol. The molecule has 0 radical (unpaired) electrons. The number of carboxylic acids is 1. The number of halogens is 3. The van der Waals surface area contributed by atoms with Gasteiger partial charge in [0.25, 0.3) is 0 Å². The van der Waals surface area contributed by atoms with Crippen LogP contribution in [-0.4, -0.2) is 63.2 Å². The maximum Gasteiger partial charge on any atom is 0.446 e. The first kappa shape index (κ1) is 33.5. The Balaban J connectivity index is 0.000000883. The Kier molecular flexibility index (Phi) is 11.6. The first-order valence-corrected chi connectivity index (χ1v) is 14.7. The number of hydrogen-bond donors (Lipinski definition) is 4. The van der Waals surface area contributed by atoms with Crippen molar-refractivity contribution in [2.75, 3.05) is 24.8 Å². The van der Waals surface area contributed by atoms with Crippen LogP contribution in [0.15, 0.2) is 62.5 Å². The Morgan fingerprint density at radius 2 is 1.80 bits per heavy atom. The summed E-state index contributed by atoms with van der Waals surface area (Å²) in [4.78, 5) is 32.1. The number of amides is 1. The summed E-state index contributed by atoms with van der Waals surface area (Å²) in [6, 6.07) is 13.0. The summed E-state index contributed by atoms with van der Waals surface area (Å²) in [5.41, 5.74) is 7.99. The zero-order valence-electron chi connectivity index (χ0n) is 21.4. The molecule has 3 rings (SSSR count). The van der Waals surface area contributed by atoms with E-state index in [0.29, 0.717) is 25.9 Å². The molecule has 220 valence electrons. The van der Waals surface area contributed by atoms with Crippen molar-refractivity contribution in [1.29, 1.82) is 5.41 Å². The zero-order chi connectivity index (χ0) is 31.0. The van der Waals surface area contributed by atoms with Gasteiger partial charge < -0.3 is 20.9 Å². The molecule has 5 N–H and O–H groups in total. The van der Waals surface area contributed by atoms with Gasteiger partial charge in [-0.15, -0.1) is 23.1 Å². The Hall–Kier alpha value is -3.73. The number of thioether (sulfide) groups is 1. The largest absolute Gasteiger partial charge is 0.480 e. The van der Waals surface area contributed by atoms with Crippen molar-refractivity contribution in [2.45, 2.75) is 27.1 Å². The van der Waals surface area contributed by atoms with E-state index in [1.165, 1.54) is 30.0 Å². The third-order valence-electron chi connectivity index (χ3n) is 4.98. The number of carbonyl (C=O) groups excluding carboxylic acids is 2. The van der Waals surface area contributed by atoms with Crippen LogP contribution in [0.2, 0.25) is 0 Å². The van der Waals surface area contributed by atoms with Gasteiger partial charge in [0.2, 0.25) is 22.0 Å². The second kappa shape index (κ2) is 14.2. The molecule has 3 aromatic rings. The highest BCUT2D eigenvalue weighted by atomic mass is 32.2. The summed E-state index contributed by atoms with van der Waals surface area (Å²) in [6.07, 6.45) is -3.94. The van der Waals surface area contributed by atoms with Crippen LogP contribution in [0.3, 0.4) is 0 Å². The van der Waals surface area contributed by atoms with Crippen molar-refractivity contribution < 1.29 is 45.8 Å². The molecule has 41 heavy (non-hydrogen) atoms. The SMILES string of the molecule is CSc1sc(C(=N)N)cc1S(=O)(=O)c1cccc(-c2c(C)cccc2NC(=O)COCC(=O)O)c1.O=CC(F)(F)F. The molecule has 16 heteroatoms. The van der Waals surface area contributed by atoms with E-state index in [1.54, 1.807) is 30.5 Å². The number of alkyl halides is 3. The molecule has 0 spiro atoms. The Labute approximate surface area is 241 Å². The van der Waals surface area contributed by atoms with Crippen molar-refractivity contribution in [3.8, 4) is 11.1 Å². The van der Waals surface area contributed by atoms with Gasteiger partial charge in [-0.3, -0.25) is 15.0 Å². The van der Waals surface area contributed by atoms with Gasteiger partial charge >= 0.3 is 12.1 Å². The van der Waals surface area contributed by atoms with Crippen LogP contribution < -0.4 is 11.1 Å². The summed E-state index contributed by atoms with van der Waals surface area (Å²) in [7, 11) is -3.92. The molecule has 0 unspecified atom stereocenters. The van der Waals surface area contributed by atoms with Crippen LogP contribution in [0.4, 0.5) is 18.9 Å². The van der Waals surface area contributed by atoms with Gasteiger partial charge in [-0.1, -0.05) is 24.3 Å². The minimum Gasteiger partial charge on any atom is -0.480 e. The highest BCUT2D eigenvalue weighted by Gasteiger charge is 2.26. The molecular formula is C25H24F3N3O7S3.